The average molecular weight is 723 g/mol. The quantitative estimate of drug-likeness (QED) is 0.139. The zero-order chi connectivity index (χ0) is 37.2. The first kappa shape index (κ1) is 37.6. The smallest absolute Gasteiger partial charge is 0.265 e. The fourth-order valence-corrected chi connectivity index (χ4v) is 9.80. The summed E-state index contributed by atoms with van der Waals surface area (Å²) in [6.07, 6.45) is 5.23. The highest BCUT2D eigenvalue weighted by molar-refractivity contribution is 6.74. The molecule has 3 aliphatic carbocycles. The van der Waals surface area contributed by atoms with Crippen molar-refractivity contribution in [1.82, 2.24) is 10.1 Å². The zero-order valence-electron chi connectivity index (χ0n) is 32.3. The number of ketones is 2. The lowest BCUT2D eigenvalue weighted by Crippen LogP contribution is -2.68. The molecule has 3 N–H and O–H groups in total. The number of nitrogens with two attached hydrogens (primary N) is 1. The third-order valence-electron chi connectivity index (χ3n) is 12.2. The molecule has 1 aromatic carbocycles. The molecular formula is C39H58N4O7Si. The minimum absolute atomic E-state index is 0.0365. The zero-order valence-corrected chi connectivity index (χ0v) is 33.3. The van der Waals surface area contributed by atoms with E-state index in [0.717, 1.165) is 55.5 Å². The molecule has 0 bridgehead atoms. The summed E-state index contributed by atoms with van der Waals surface area (Å²) in [5.41, 5.74) is 9.10. The molecule has 280 valence electrons. The summed E-state index contributed by atoms with van der Waals surface area (Å²) in [4.78, 5) is 35.2. The molecule has 0 radical (unpaired) electrons. The SMILES string of the molecule is CCCCOc1cc2c(c3c1C(O)=C1C(=O)[C@]4(O[Si](C)(C)C(C)(C)C)C(=O)c5c(OCCCC)noc5[C@@H](N)[C@@H]4C[C@@H]1C3)N(C)CCC2N(C)C. The Kier molecular flexibility index (Phi) is 10.1. The molecular weight excluding hydrogens is 665 g/mol. The number of benzene rings is 1. The van der Waals surface area contributed by atoms with Gasteiger partial charge in [0.25, 0.3) is 5.88 Å². The maximum atomic E-state index is 15.5. The number of aromatic nitrogens is 1. The van der Waals surface area contributed by atoms with Gasteiger partial charge in [-0.3, -0.25) is 9.59 Å². The van der Waals surface area contributed by atoms with Gasteiger partial charge < -0.3 is 39.1 Å². The molecule has 12 heteroatoms. The molecule has 2 heterocycles. The minimum atomic E-state index is -2.83. The Hall–Kier alpha value is -3.19. The number of carbonyl (C=O) groups is 2. The predicted molar refractivity (Wildman–Crippen MR) is 200 cm³/mol. The van der Waals surface area contributed by atoms with Crippen LogP contribution in [-0.2, 0) is 15.6 Å². The highest BCUT2D eigenvalue weighted by Gasteiger charge is 2.68. The van der Waals surface area contributed by atoms with Gasteiger partial charge >= 0.3 is 0 Å². The van der Waals surface area contributed by atoms with E-state index in [-0.39, 0.29) is 39.6 Å². The molecule has 1 fully saturated rings. The van der Waals surface area contributed by atoms with Crippen LogP contribution in [-0.4, -0.2) is 81.5 Å². The van der Waals surface area contributed by atoms with Gasteiger partial charge in [-0.2, -0.15) is 0 Å². The van der Waals surface area contributed by atoms with Gasteiger partial charge in [-0.1, -0.05) is 47.5 Å². The largest absolute Gasteiger partial charge is 0.507 e. The normalized spacial score (nSPS) is 26.1. The molecule has 0 spiro atoms. The topological polar surface area (TPSA) is 141 Å². The highest BCUT2D eigenvalue weighted by Crippen LogP contribution is 2.59. The molecule has 0 saturated heterocycles. The summed E-state index contributed by atoms with van der Waals surface area (Å²) < 4.78 is 25.3. The number of Topliss-reactive ketones (excluding diaryl/α,β-unsaturated/α-hetero) is 2. The van der Waals surface area contributed by atoms with Crippen LogP contribution in [0.25, 0.3) is 5.76 Å². The lowest BCUT2D eigenvalue weighted by molar-refractivity contribution is -0.138. The second-order valence-corrected chi connectivity index (χ2v) is 21.5. The Morgan fingerprint density at radius 2 is 1.76 bits per heavy atom. The summed E-state index contributed by atoms with van der Waals surface area (Å²) in [7, 11) is 3.44. The van der Waals surface area contributed by atoms with Crippen LogP contribution in [0.1, 0.15) is 118 Å². The second-order valence-electron chi connectivity index (χ2n) is 16.8. The number of fused-ring (bicyclic) bond motifs is 6. The van der Waals surface area contributed by atoms with Gasteiger partial charge in [-0.05, 0) is 92.6 Å². The Bertz CT molecular complexity index is 1730. The molecule has 5 atom stereocenters. The lowest BCUT2D eigenvalue weighted by atomic mass is 9.57. The molecule has 1 aliphatic heterocycles. The van der Waals surface area contributed by atoms with Crippen molar-refractivity contribution < 1.29 is 33.1 Å². The minimum Gasteiger partial charge on any atom is -0.507 e. The molecule has 1 unspecified atom stereocenters. The Balaban J connectivity index is 1.58. The van der Waals surface area contributed by atoms with Crippen molar-refractivity contribution in [1.29, 1.82) is 0 Å². The molecule has 0 amide bonds. The van der Waals surface area contributed by atoms with Crippen molar-refractivity contribution in [2.45, 2.75) is 115 Å². The van der Waals surface area contributed by atoms with Crippen molar-refractivity contribution in [2.24, 2.45) is 17.6 Å². The van der Waals surface area contributed by atoms with Gasteiger partial charge in [0.15, 0.2) is 19.7 Å². The summed E-state index contributed by atoms with van der Waals surface area (Å²) >= 11 is 0. The van der Waals surface area contributed by atoms with Crippen LogP contribution in [0.2, 0.25) is 18.1 Å². The van der Waals surface area contributed by atoms with Crippen LogP contribution >= 0.6 is 0 Å². The van der Waals surface area contributed by atoms with Crippen molar-refractivity contribution in [3.05, 3.63) is 39.7 Å². The van der Waals surface area contributed by atoms with E-state index < -0.39 is 43.4 Å². The molecule has 4 aliphatic rings. The van der Waals surface area contributed by atoms with Gasteiger partial charge in [-0.15, -0.1) is 0 Å². The number of anilines is 1. The monoisotopic (exact) mass is 722 g/mol. The number of ether oxygens (including phenoxy) is 2. The van der Waals surface area contributed by atoms with E-state index in [1.54, 1.807) is 0 Å². The molecule has 11 nitrogen and oxygen atoms in total. The second kappa shape index (κ2) is 13.7. The van der Waals surface area contributed by atoms with E-state index in [2.05, 4.69) is 69.9 Å². The molecule has 1 aromatic heterocycles. The molecule has 1 saturated carbocycles. The summed E-state index contributed by atoms with van der Waals surface area (Å²) in [6.45, 7) is 16.1. The number of hydrogen-bond donors (Lipinski definition) is 2. The van der Waals surface area contributed by atoms with Gasteiger partial charge in [0.1, 0.15) is 17.1 Å². The van der Waals surface area contributed by atoms with Crippen molar-refractivity contribution in [2.75, 3.05) is 45.8 Å². The maximum absolute atomic E-state index is 15.5. The summed E-state index contributed by atoms with van der Waals surface area (Å²) in [6, 6.07) is 1.37. The van der Waals surface area contributed by atoms with Crippen LogP contribution < -0.4 is 20.1 Å². The first-order chi connectivity index (χ1) is 24.0. The van der Waals surface area contributed by atoms with Crippen LogP contribution in [0.4, 0.5) is 5.69 Å². The Labute approximate surface area is 304 Å². The van der Waals surface area contributed by atoms with E-state index in [1.165, 1.54) is 0 Å². The summed E-state index contributed by atoms with van der Waals surface area (Å²) in [5, 5.41) is 16.3. The van der Waals surface area contributed by atoms with E-state index in [4.69, 9.17) is 24.2 Å². The third-order valence-corrected chi connectivity index (χ3v) is 16.6. The number of unbranched alkanes of at least 4 members (excludes halogenated alkanes) is 2. The van der Waals surface area contributed by atoms with Crippen LogP contribution in [0.3, 0.4) is 0 Å². The van der Waals surface area contributed by atoms with Crippen molar-refractivity contribution >= 4 is 31.3 Å². The maximum Gasteiger partial charge on any atom is 0.265 e. The Morgan fingerprint density at radius 1 is 1.10 bits per heavy atom. The number of aliphatic hydroxyl groups excluding tert-OH is 1. The van der Waals surface area contributed by atoms with Gasteiger partial charge in [0, 0.05) is 36.8 Å². The van der Waals surface area contributed by atoms with E-state index in [0.29, 0.717) is 37.4 Å². The number of nitrogens with zero attached hydrogens (tertiary/aromatic N) is 3. The van der Waals surface area contributed by atoms with Gasteiger partial charge in [0.2, 0.25) is 11.6 Å². The first-order valence-electron chi connectivity index (χ1n) is 18.8. The van der Waals surface area contributed by atoms with E-state index in [9.17, 15) is 5.11 Å². The first-order valence-corrected chi connectivity index (χ1v) is 21.7. The van der Waals surface area contributed by atoms with Crippen molar-refractivity contribution in [3.8, 4) is 11.6 Å². The number of aliphatic hydroxyl groups is 1. The predicted octanol–water partition coefficient (Wildman–Crippen LogP) is 7.16. The van der Waals surface area contributed by atoms with Crippen LogP contribution in [0.5, 0.6) is 11.6 Å². The van der Waals surface area contributed by atoms with E-state index in [1.807, 2.05) is 20.0 Å². The molecule has 51 heavy (non-hydrogen) atoms. The summed E-state index contributed by atoms with van der Waals surface area (Å²) in [5.74, 6) is -1.52. The number of hydrogen-bond acceptors (Lipinski definition) is 11. The lowest BCUT2D eigenvalue weighted by Gasteiger charge is -2.54. The average Bonchev–Trinajstić information content (AvgIpc) is 3.48. The van der Waals surface area contributed by atoms with Crippen LogP contribution in [0.15, 0.2) is 16.2 Å². The standard InChI is InChI=1S/C39H58N4O7Si/c1-11-13-17-47-27-21-23-26(42(6)7)15-16-43(8)32(23)24-19-22-20-25-31(40)34-30(37(41-49-34)48-18-14-12-2)36(46)39(25,50-51(9,10)38(3,4)5)35(45)28(22)33(44)29(24)27/h21-22,25-26,31,44H,11-20,40H2,1-10H3/t22-,25-,26?,31-,39-/m0/s1. The molecule has 6 rings (SSSR count). The highest BCUT2D eigenvalue weighted by atomic mass is 28.4. The van der Waals surface area contributed by atoms with Gasteiger partial charge in [0.05, 0.1) is 24.8 Å². The Morgan fingerprint density at radius 3 is 2.39 bits per heavy atom. The van der Waals surface area contributed by atoms with Crippen LogP contribution in [0, 0.1) is 11.8 Å². The van der Waals surface area contributed by atoms with Crippen molar-refractivity contribution in [3.63, 3.8) is 0 Å². The van der Waals surface area contributed by atoms with E-state index >= 15 is 9.59 Å². The number of carbonyl (C=O) groups excluding carboxylic acids is 2. The fraction of sp³-hybridized carbons (Fsp3) is 0.667. The fourth-order valence-electron chi connectivity index (χ4n) is 8.36. The number of rotatable bonds is 11. The van der Waals surface area contributed by atoms with Gasteiger partial charge in [-0.25, -0.2) is 0 Å². The third kappa shape index (κ3) is 5.94. The molecule has 2 aromatic rings.